The summed E-state index contributed by atoms with van der Waals surface area (Å²) < 4.78 is 167. The smallest absolute Gasteiger partial charge is 0.297 e. The van der Waals surface area contributed by atoms with Crippen LogP contribution < -0.4 is 10.5 Å². The van der Waals surface area contributed by atoms with E-state index in [0.29, 0.717) is 58.5 Å². The Balaban J connectivity index is 1.01. The quantitative estimate of drug-likeness (QED) is 0.00378. The minimum Gasteiger partial charge on any atom is -0.507 e. The van der Waals surface area contributed by atoms with E-state index in [1.807, 2.05) is 0 Å². The Hall–Kier alpha value is -9.40. The molecule has 544 valence electrons. The lowest BCUT2D eigenvalue weighted by molar-refractivity contribution is -0.432. The molecule has 104 heavy (non-hydrogen) atoms. The molecule has 0 aliphatic carbocycles. The van der Waals surface area contributed by atoms with E-state index >= 15 is 0 Å². The number of phenols is 4. The number of hydrogen-bond donors (Lipinski definition) is 13. The molecule has 0 atom stereocenters. The van der Waals surface area contributed by atoms with Crippen molar-refractivity contribution in [2.45, 2.75) is 47.6 Å². The van der Waals surface area contributed by atoms with E-state index in [2.05, 4.69) is 84.3 Å². The van der Waals surface area contributed by atoms with Gasteiger partial charge in [-0.2, -0.15) is 49.0 Å². The highest BCUT2D eigenvalue weighted by molar-refractivity contribution is 7.95. The van der Waals surface area contributed by atoms with Gasteiger partial charge in [0, 0.05) is 61.8 Å². The Morgan fingerprint density at radius 1 is 0.433 bits per heavy atom. The number of fused-ring (bicyclic) bond motifs is 4. The molecule has 0 heterocycles. The maximum absolute atomic E-state index is 13.4. The normalized spacial score (nSPS) is 12.8. The van der Waals surface area contributed by atoms with Gasteiger partial charge in [0.15, 0.2) is 17.2 Å². The number of aryl methyl sites for hydroxylation is 1. The van der Waals surface area contributed by atoms with Gasteiger partial charge in [0.25, 0.3) is 40.5 Å². The van der Waals surface area contributed by atoms with Crippen molar-refractivity contribution in [2.24, 2.45) is 51.1 Å². The van der Waals surface area contributed by atoms with Crippen molar-refractivity contribution in [3.05, 3.63) is 127 Å². The lowest BCUT2D eigenvalue weighted by Gasteiger charge is -2.14. The first-order valence-corrected chi connectivity index (χ1v) is 36.7. The van der Waals surface area contributed by atoms with Crippen molar-refractivity contribution in [3.8, 4) is 28.7 Å². The molecule has 0 saturated carbocycles. The Bertz CT molecular complexity index is 5690. The Morgan fingerprint density at radius 2 is 0.981 bits per heavy atom. The molecule has 10 rings (SSSR count). The monoisotopic (exact) mass is 1590 g/mol. The minimum absolute atomic E-state index is 0.0451. The standard InChI is InChI=1S/C56H43N11O29S8/c1-25-15-41(44(88-13-2-14-97-93-89-72)24-40(25)61-63-42-20-31(101(76,77)78)16-27-17-32(102(79,80)81)21-43(68)48(27)42)62-67-52-47(103(82,83)84)23-37-34(54(52)70)10-12-39(56(37)104(85,86)87)60-64-49-36-22-46(100-96-92-75)51(53(69)33(36)9-11-38(49)57)66-59-29-4-3-26-18-45(99-95-91-74)50(55(71)35(26)19-29)65-58-28-5-7-30(8-6-28)98-94-90-73/h3-12,15-24,68-75H,2,13-14,57H2,1H3,(H,76,77,78)(H,79,80,81)(H,82,83,84)(H,85,86,87). The maximum Gasteiger partial charge on any atom is 0.297 e. The highest BCUT2D eigenvalue weighted by atomic mass is 32.2. The van der Waals surface area contributed by atoms with Crippen LogP contribution in [0.15, 0.2) is 207 Å². The van der Waals surface area contributed by atoms with E-state index in [0.717, 1.165) is 30.3 Å². The molecule has 0 bridgehead atoms. The number of azo groups is 5. The number of phenolic OH excluding ortho intramolecular Hbond substituents is 4. The first-order valence-electron chi connectivity index (χ1n) is 27.8. The molecule has 0 amide bonds. The summed E-state index contributed by atoms with van der Waals surface area (Å²) in [5.74, 6) is -3.24. The van der Waals surface area contributed by atoms with Crippen LogP contribution in [0, 0.1) is 6.92 Å². The van der Waals surface area contributed by atoms with Crippen LogP contribution in [-0.4, -0.2) is 106 Å². The van der Waals surface area contributed by atoms with Crippen molar-refractivity contribution in [3.63, 3.8) is 0 Å². The van der Waals surface area contributed by atoms with Crippen molar-refractivity contribution < 1.29 is 136 Å². The summed E-state index contributed by atoms with van der Waals surface area (Å²) in [6, 6.07) is 23.5. The molecule has 0 spiro atoms. The number of hydrogen-bond acceptors (Lipinski definition) is 40. The van der Waals surface area contributed by atoms with Crippen LogP contribution >= 0.6 is 48.2 Å². The third kappa shape index (κ3) is 17.9. The number of rotatable bonds is 30. The molecule has 10 aromatic carbocycles. The average Bonchev–Trinajstić information content (AvgIpc) is 0.746. The first kappa shape index (κ1) is 77.2. The third-order valence-corrected chi connectivity index (χ3v) is 20.0. The number of ether oxygens (including phenoxy) is 1. The molecule has 0 saturated heterocycles. The van der Waals surface area contributed by atoms with Gasteiger partial charge in [-0.1, -0.05) is 26.2 Å². The molecule has 40 nitrogen and oxygen atoms in total. The zero-order valence-electron chi connectivity index (χ0n) is 51.3. The highest BCUT2D eigenvalue weighted by Gasteiger charge is 2.30. The summed E-state index contributed by atoms with van der Waals surface area (Å²) in [7, 11) is -21.2. The van der Waals surface area contributed by atoms with Crippen LogP contribution in [0.5, 0.6) is 28.7 Å². The number of benzene rings is 10. The second-order valence-corrected chi connectivity index (χ2v) is 29.2. The van der Waals surface area contributed by atoms with Crippen LogP contribution in [0.1, 0.15) is 12.0 Å². The van der Waals surface area contributed by atoms with Crippen molar-refractivity contribution in [2.75, 3.05) is 18.1 Å². The predicted molar refractivity (Wildman–Crippen MR) is 364 cm³/mol. The third-order valence-electron chi connectivity index (χ3n) is 14.1. The van der Waals surface area contributed by atoms with Gasteiger partial charge in [0.05, 0.1) is 96.1 Å². The van der Waals surface area contributed by atoms with Crippen LogP contribution in [-0.2, 0) is 78.0 Å². The average molecular weight is 1590 g/mol. The summed E-state index contributed by atoms with van der Waals surface area (Å²) in [6.45, 7) is 1.21. The zero-order valence-corrected chi connectivity index (χ0v) is 57.8. The van der Waals surface area contributed by atoms with Crippen molar-refractivity contribution in [1.29, 1.82) is 0 Å². The lowest BCUT2D eigenvalue weighted by atomic mass is 10.1. The SMILES string of the molecule is Cc1cc(N=Nc2c(S(=O)(=O)O)cc3c(S(=O)(=O)O)c(N=Nc4c(N)ccc5c(O)c(N=Nc6ccc7cc(SOOO)c(N=Nc8ccc(SOOO)cc8)c(O)c7c6)c(SOOO)cc45)ccc3c2O)c(OCCCSOOO)cc1N=Nc1cc(S(=O)(=O)O)cc2cc(S(=O)(=O)O)cc(O)c12. The van der Waals surface area contributed by atoms with Crippen LogP contribution in [0.3, 0.4) is 0 Å². The van der Waals surface area contributed by atoms with E-state index in [1.165, 1.54) is 73.7 Å². The fourth-order valence-corrected chi connectivity index (χ4v) is 13.9. The van der Waals surface area contributed by atoms with E-state index in [9.17, 15) is 77.6 Å². The maximum atomic E-state index is 13.4. The number of nitrogens with zero attached hydrogens (tertiary/aromatic N) is 10. The zero-order chi connectivity index (χ0) is 75.0. The first-order chi connectivity index (χ1) is 49.4. The molecular weight excluding hydrogens is 1550 g/mol. The van der Waals surface area contributed by atoms with Crippen molar-refractivity contribution in [1.82, 2.24) is 0 Å². The van der Waals surface area contributed by atoms with Crippen LogP contribution in [0.2, 0.25) is 0 Å². The van der Waals surface area contributed by atoms with E-state index < -0.39 is 111 Å². The largest absolute Gasteiger partial charge is 0.507 e. The van der Waals surface area contributed by atoms with Crippen LogP contribution in [0.25, 0.3) is 43.1 Å². The Kier molecular flexibility index (Phi) is 24.3. The van der Waals surface area contributed by atoms with Crippen molar-refractivity contribution >= 4 is 194 Å². The van der Waals surface area contributed by atoms with E-state index in [4.69, 9.17) is 30.6 Å². The number of anilines is 1. The van der Waals surface area contributed by atoms with Crippen LogP contribution in [0.4, 0.5) is 62.6 Å². The summed E-state index contributed by atoms with van der Waals surface area (Å²) >= 11 is 2.08. The fourth-order valence-electron chi connectivity index (χ4n) is 9.64. The molecule has 0 radical (unpaired) electrons. The van der Waals surface area contributed by atoms with Gasteiger partial charge in [-0.05, 0) is 133 Å². The molecule has 0 aliphatic rings. The predicted octanol–water partition coefficient (Wildman–Crippen LogP) is 16.2. The van der Waals surface area contributed by atoms with Gasteiger partial charge in [-0.25, -0.2) is 21.0 Å². The number of nitrogens with two attached hydrogens (primary N) is 1. The molecule has 48 heteroatoms. The minimum atomic E-state index is -5.60. The lowest BCUT2D eigenvalue weighted by Crippen LogP contribution is -2.03. The second kappa shape index (κ2) is 32.7. The molecule has 0 unspecified atom stereocenters. The van der Waals surface area contributed by atoms with E-state index in [-0.39, 0.29) is 124 Å². The van der Waals surface area contributed by atoms with Gasteiger partial charge >= 0.3 is 0 Å². The van der Waals surface area contributed by atoms with Gasteiger partial charge in [0.1, 0.15) is 55.4 Å². The molecule has 0 fully saturated rings. The Morgan fingerprint density at radius 3 is 1.62 bits per heavy atom. The Labute approximate surface area is 598 Å². The topological polar surface area (TPSA) is 612 Å². The molecule has 0 aliphatic heterocycles. The molecule has 0 aromatic heterocycles. The summed E-state index contributed by atoms with van der Waals surface area (Å²) in [4.78, 5) is -3.78. The van der Waals surface area contributed by atoms with Gasteiger partial charge in [-0.15, -0.1) is 53.1 Å². The summed E-state index contributed by atoms with van der Waals surface area (Å²) in [6.07, 6.45) is 0.142. The highest BCUT2D eigenvalue weighted by Crippen LogP contribution is 2.52. The van der Waals surface area contributed by atoms with E-state index in [1.54, 1.807) is 12.1 Å². The summed E-state index contributed by atoms with van der Waals surface area (Å²) in [5.41, 5.74) is 3.17. The van der Waals surface area contributed by atoms with Gasteiger partial charge in [-0.3, -0.25) is 18.2 Å². The molecule has 10 aromatic rings. The van der Waals surface area contributed by atoms with Gasteiger partial charge in [0.2, 0.25) is 0 Å². The summed E-state index contributed by atoms with van der Waals surface area (Å²) in [5, 5.41) is 135. The number of aromatic hydroxyl groups is 4. The number of nitrogen functional groups attached to an aromatic ring is 1. The van der Waals surface area contributed by atoms with Gasteiger partial charge < -0.3 is 30.9 Å². The second-order valence-electron chi connectivity index (χ2n) is 20.6. The fraction of sp³-hybridized carbons (Fsp3) is 0.0714. The molecule has 14 N–H and O–H groups in total. The molecular formula is C56H43N11O29S8.